The van der Waals surface area contributed by atoms with Crippen molar-refractivity contribution in [1.82, 2.24) is 0 Å². The van der Waals surface area contributed by atoms with Crippen molar-refractivity contribution < 1.29 is 63.7 Å². The average Bonchev–Trinajstić information content (AvgIpc) is 3.41. The maximum absolute atomic E-state index is 14.3. The number of oxime groups is 1. The van der Waals surface area contributed by atoms with Crippen LogP contribution in [-0.4, -0.2) is 92.8 Å². The van der Waals surface area contributed by atoms with Crippen LogP contribution in [0.3, 0.4) is 0 Å². The molecule has 306 valence electrons. The number of nitrogens with one attached hydrogen (secondary N) is 1. The third-order valence-electron chi connectivity index (χ3n) is 10.5. The number of phenolic OH excluding ortho intramolecular Hbond substituents is 3. The number of esters is 1. The van der Waals surface area contributed by atoms with Crippen LogP contribution >= 0.6 is 0 Å². The van der Waals surface area contributed by atoms with E-state index in [1.54, 1.807) is 53.7 Å². The molecule has 15 heteroatoms. The van der Waals surface area contributed by atoms with E-state index in [0.717, 1.165) is 6.21 Å². The first-order chi connectivity index (χ1) is 26.2. The van der Waals surface area contributed by atoms with Crippen molar-refractivity contribution in [3.05, 3.63) is 52.8 Å². The molecule has 5 bridgehead atoms. The largest absolute Gasteiger partial charge is 0.507 e. The Balaban J connectivity index is 1.97. The molecule has 1 amide bonds. The predicted octanol–water partition coefficient (Wildman–Crippen LogP) is 5.51. The molecule has 2 aromatic carbocycles. The topological polar surface area (TPSA) is 223 Å². The standard InChI is InChI=1S/C41H54N2O13/c1-18(2)56-42-17-26-31-36(49)29-28(35(26)48)30-38(24(8)34(29)47)55-41(10,39(30)50)53-16-15-27(52-11)21(5)37(54-25(9)44)23(7)33(46)22(6)32(45)19(3)13-12-14-20(4)40(51)43-31/h12-19,21-23,27,32-33,37,45-49H,1-11H3,(H,43,51)/b13-12-,16-15-,20-14-,42-17-. The molecule has 9 unspecified atom stereocenters. The average molecular weight is 783 g/mol. The molecule has 2 aromatic rings. The second kappa shape index (κ2) is 17.3. The number of Topliss-reactive ketones (excluding diaryl/α,β-unsaturated/α-hetero) is 1. The molecular formula is C41H54N2O13. The molecule has 15 nitrogen and oxygen atoms in total. The number of amides is 1. The number of anilines is 1. The van der Waals surface area contributed by atoms with E-state index < -0.39 is 88.8 Å². The quantitative estimate of drug-likeness (QED) is 0.0725. The lowest BCUT2D eigenvalue weighted by Crippen LogP contribution is -2.46. The summed E-state index contributed by atoms with van der Waals surface area (Å²) in [5, 5.41) is 63.6. The molecular weight excluding hydrogens is 728 g/mol. The molecule has 0 spiro atoms. The number of carbonyl (C=O) groups excluding carboxylic acids is 3. The zero-order valence-corrected chi connectivity index (χ0v) is 33.6. The van der Waals surface area contributed by atoms with E-state index in [1.165, 1.54) is 53.2 Å². The number of aromatic hydroxyl groups is 3. The van der Waals surface area contributed by atoms with Gasteiger partial charge in [0, 0.05) is 61.2 Å². The molecule has 3 heterocycles. The summed E-state index contributed by atoms with van der Waals surface area (Å²) in [6, 6.07) is 0. The summed E-state index contributed by atoms with van der Waals surface area (Å²) in [6.45, 7) is 15.8. The van der Waals surface area contributed by atoms with Crippen LogP contribution in [0.2, 0.25) is 0 Å². The number of aliphatic hydroxyl groups excluding tert-OH is 2. The summed E-state index contributed by atoms with van der Waals surface area (Å²) in [4.78, 5) is 45.4. The SMILES string of the molecule is COC1/C=C\OC2(C)Oc3c(C)c(O)c4c(O)c(c(/C=N\OC(C)C)c(O)c4c3C2=O)NC(=O)/C(C)=C\C=C/C(C)C(O)C(C)C(O)C(C)C(OC(C)=O)C1C. The van der Waals surface area contributed by atoms with Gasteiger partial charge in [-0.2, -0.15) is 0 Å². The Morgan fingerprint density at radius 3 is 2.23 bits per heavy atom. The number of benzene rings is 2. The number of methoxy groups -OCH3 is 1. The molecule has 0 aromatic heterocycles. The lowest BCUT2D eigenvalue weighted by molar-refractivity contribution is -0.160. The van der Waals surface area contributed by atoms with Gasteiger partial charge < -0.3 is 54.6 Å². The normalized spacial score (nSPS) is 31.1. The number of aliphatic hydroxyl groups is 2. The molecule has 3 aliphatic heterocycles. The van der Waals surface area contributed by atoms with Crippen LogP contribution < -0.4 is 10.1 Å². The highest BCUT2D eigenvalue weighted by Crippen LogP contribution is 2.55. The van der Waals surface area contributed by atoms with Crippen molar-refractivity contribution in [1.29, 1.82) is 0 Å². The van der Waals surface area contributed by atoms with E-state index in [2.05, 4.69) is 10.5 Å². The van der Waals surface area contributed by atoms with Gasteiger partial charge >= 0.3 is 11.8 Å². The minimum Gasteiger partial charge on any atom is -0.507 e. The highest BCUT2D eigenvalue weighted by molar-refractivity contribution is 6.23. The Morgan fingerprint density at radius 1 is 0.964 bits per heavy atom. The molecule has 9 atom stereocenters. The van der Waals surface area contributed by atoms with Gasteiger partial charge in [0.15, 0.2) is 5.75 Å². The maximum atomic E-state index is 14.3. The van der Waals surface area contributed by atoms with Crippen molar-refractivity contribution in [3.8, 4) is 23.0 Å². The zero-order chi connectivity index (χ0) is 42.0. The van der Waals surface area contributed by atoms with E-state index in [0.29, 0.717) is 0 Å². The number of ether oxygens (including phenoxy) is 4. The van der Waals surface area contributed by atoms with Gasteiger partial charge in [0.25, 0.3) is 11.7 Å². The van der Waals surface area contributed by atoms with E-state index >= 15 is 0 Å². The molecule has 3 aliphatic rings. The molecule has 0 saturated heterocycles. The molecule has 0 aliphatic carbocycles. The van der Waals surface area contributed by atoms with Crippen molar-refractivity contribution in [2.24, 2.45) is 28.8 Å². The summed E-state index contributed by atoms with van der Waals surface area (Å²) in [6.07, 6.45) is 4.11. The number of fused-ring (bicyclic) bond motifs is 14. The molecule has 56 heavy (non-hydrogen) atoms. The van der Waals surface area contributed by atoms with Gasteiger partial charge in [-0.15, -0.1) is 0 Å². The number of carbonyl (C=O) groups is 3. The smallest absolute Gasteiger partial charge is 0.312 e. The fourth-order valence-corrected chi connectivity index (χ4v) is 7.08. The lowest BCUT2D eigenvalue weighted by atomic mass is 9.78. The van der Waals surface area contributed by atoms with Gasteiger partial charge in [0.2, 0.25) is 0 Å². The van der Waals surface area contributed by atoms with Gasteiger partial charge in [-0.25, -0.2) is 0 Å². The second-order valence-corrected chi connectivity index (χ2v) is 15.0. The van der Waals surface area contributed by atoms with Crippen molar-refractivity contribution >= 4 is 40.3 Å². The summed E-state index contributed by atoms with van der Waals surface area (Å²) in [7, 11) is 1.43. The Hall–Kier alpha value is -5.12. The van der Waals surface area contributed by atoms with E-state index in [9.17, 15) is 39.9 Å². The number of rotatable bonds is 5. The van der Waals surface area contributed by atoms with Crippen LogP contribution in [0.1, 0.15) is 83.8 Å². The number of allylic oxidation sites excluding steroid dienone is 2. The van der Waals surface area contributed by atoms with Crippen LogP contribution in [0, 0.1) is 30.6 Å². The fraction of sp³-hybridized carbons (Fsp3) is 0.512. The number of nitrogens with zero attached hydrogens (tertiary/aromatic N) is 1. The second-order valence-electron chi connectivity index (χ2n) is 15.0. The van der Waals surface area contributed by atoms with Gasteiger partial charge in [0.1, 0.15) is 29.5 Å². The van der Waals surface area contributed by atoms with Crippen LogP contribution in [0.25, 0.3) is 10.8 Å². The molecule has 5 rings (SSSR count). The van der Waals surface area contributed by atoms with Gasteiger partial charge in [0.05, 0.1) is 53.0 Å². The Kier molecular flexibility index (Phi) is 13.5. The number of hydrogen-bond acceptors (Lipinski definition) is 14. The minimum atomic E-state index is -2.06. The summed E-state index contributed by atoms with van der Waals surface area (Å²) >= 11 is 0. The molecule has 0 saturated carbocycles. The van der Waals surface area contributed by atoms with E-state index in [-0.39, 0.29) is 50.6 Å². The number of phenols is 3. The van der Waals surface area contributed by atoms with Gasteiger partial charge in [-0.3, -0.25) is 14.4 Å². The third-order valence-corrected chi connectivity index (χ3v) is 10.5. The lowest BCUT2D eigenvalue weighted by Gasteiger charge is -2.38. The Bertz CT molecular complexity index is 1970. The van der Waals surface area contributed by atoms with Crippen LogP contribution in [0.5, 0.6) is 23.0 Å². The van der Waals surface area contributed by atoms with E-state index in [1.807, 2.05) is 0 Å². The molecule has 6 N–H and O–H groups in total. The Labute approximate surface area is 326 Å². The first-order valence-corrected chi connectivity index (χ1v) is 18.4. The van der Waals surface area contributed by atoms with Gasteiger partial charge in [-0.05, 0) is 33.8 Å². The van der Waals surface area contributed by atoms with Crippen LogP contribution in [-0.2, 0) is 28.6 Å². The van der Waals surface area contributed by atoms with Crippen molar-refractivity contribution in [2.75, 3.05) is 12.4 Å². The highest BCUT2D eigenvalue weighted by atomic mass is 16.7. The van der Waals surface area contributed by atoms with Crippen LogP contribution in [0.15, 0.2) is 41.3 Å². The molecule has 0 radical (unpaired) electrons. The van der Waals surface area contributed by atoms with Crippen LogP contribution in [0.4, 0.5) is 5.69 Å². The predicted molar refractivity (Wildman–Crippen MR) is 208 cm³/mol. The molecule has 0 fully saturated rings. The van der Waals surface area contributed by atoms with Crippen molar-refractivity contribution in [2.45, 2.75) is 106 Å². The monoisotopic (exact) mass is 782 g/mol. The van der Waals surface area contributed by atoms with Crippen molar-refractivity contribution in [3.63, 3.8) is 0 Å². The third kappa shape index (κ3) is 8.49. The minimum absolute atomic E-state index is 0.0334. The fourth-order valence-electron chi connectivity index (χ4n) is 7.08. The summed E-state index contributed by atoms with van der Waals surface area (Å²) < 4.78 is 23.4. The first kappa shape index (κ1) is 43.6. The zero-order valence-electron chi connectivity index (χ0n) is 33.6. The van der Waals surface area contributed by atoms with Gasteiger partial charge in [-0.1, -0.05) is 51.1 Å². The maximum Gasteiger partial charge on any atom is 0.312 e. The Morgan fingerprint density at radius 2 is 1.62 bits per heavy atom. The number of hydrogen-bond donors (Lipinski definition) is 6. The highest BCUT2D eigenvalue weighted by Gasteiger charge is 2.50. The summed E-state index contributed by atoms with van der Waals surface area (Å²) in [5.41, 5.74) is -0.618. The number of ketones is 1. The van der Waals surface area contributed by atoms with E-state index in [4.69, 9.17) is 23.8 Å². The first-order valence-electron chi connectivity index (χ1n) is 18.4. The summed E-state index contributed by atoms with van der Waals surface area (Å²) in [5.74, 6) is -8.63.